The van der Waals surface area contributed by atoms with Gasteiger partial charge in [-0.2, -0.15) is 0 Å². The second-order valence-electron chi connectivity index (χ2n) is 7.64. The van der Waals surface area contributed by atoms with Gasteiger partial charge in [0.05, 0.1) is 11.8 Å². The summed E-state index contributed by atoms with van der Waals surface area (Å²) in [7, 11) is 0. The van der Waals surface area contributed by atoms with Gasteiger partial charge in [0.1, 0.15) is 5.75 Å². The van der Waals surface area contributed by atoms with Crippen LogP contribution in [0.15, 0.2) is 18.2 Å². The summed E-state index contributed by atoms with van der Waals surface area (Å²) < 4.78 is 6.13. The van der Waals surface area contributed by atoms with Crippen molar-refractivity contribution in [1.29, 1.82) is 0 Å². The van der Waals surface area contributed by atoms with Crippen LogP contribution in [0, 0.1) is 17.8 Å². The highest BCUT2D eigenvalue weighted by molar-refractivity contribution is 5.60. The van der Waals surface area contributed by atoms with Gasteiger partial charge in [0.25, 0.3) is 0 Å². The normalized spacial score (nSPS) is 31.7. The third kappa shape index (κ3) is 4.13. The second kappa shape index (κ2) is 7.46. The van der Waals surface area contributed by atoms with E-state index in [-0.39, 0.29) is 0 Å². The molecule has 1 aromatic carbocycles. The minimum atomic E-state index is 0.323. The molecular weight excluding hydrogens is 284 g/mol. The summed E-state index contributed by atoms with van der Waals surface area (Å²) in [4.78, 5) is 0. The first kappa shape index (κ1) is 16.5. The Morgan fingerprint density at radius 3 is 2.09 bits per heavy atom. The van der Waals surface area contributed by atoms with Gasteiger partial charge in [-0.05, 0) is 74.5 Å². The zero-order chi connectivity index (χ0) is 16.2. The lowest BCUT2D eigenvalue weighted by molar-refractivity contribution is 0.0924. The van der Waals surface area contributed by atoms with E-state index in [1.54, 1.807) is 6.07 Å². The molecule has 0 unspecified atom stereocenters. The molecule has 2 saturated carbocycles. The molecule has 0 aliphatic heterocycles. The lowest BCUT2D eigenvalue weighted by atomic mass is 9.70. The van der Waals surface area contributed by atoms with Crippen molar-refractivity contribution in [3.63, 3.8) is 0 Å². The lowest BCUT2D eigenvalue weighted by Crippen LogP contribution is -2.30. The number of hydrogen-bond acceptors (Lipinski definition) is 3. The van der Waals surface area contributed by atoms with Crippen molar-refractivity contribution in [2.75, 3.05) is 11.5 Å². The maximum absolute atomic E-state index is 6.13. The highest BCUT2D eigenvalue weighted by atomic mass is 16.5. The van der Waals surface area contributed by atoms with Gasteiger partial charge < -0.3 is 16.2 Å². The molecule has 128 valence electrons. The summed E-state index contributed by atoms with van der Waals surface area (Å²) in [5.41, 5.74) is 13.1. The first-order valence-electron chi connectivity index (χ1n) is 9.47. The van der Waals surface area contributed by atoms with Crippen molar-refractivity contribution in [2.24, 2.45) is 17.8 Å². The quantitative estimate of drug-likeness (QED) is 0.768. The molecule has 0 saturated heterocycles. The molecular formula is C20H32N2O. The number of nitrogens with two attached hydrogens (primary N) is 2. The Morgan fingerprint density at radius 2 is 1.52 bits per heavy atom. The Kier molecular flexibility index (Phi) is 5.34. The molecule has 0 heterocycles. The fourth-order valence-electron chi connectivity index (χ4n) is 4.60. The van der Waals surface area contributed by atoms with Crippen molar-refractivity contribution < 1.29 is 4.74 Å². The van der Waals surface area contributed by atoms with E-state index < -0.39 is 0 Å². The molecule has 0 atom stereocenters. The molecule has 0 spiro atoms. The first-order chi connectivity index (χ1) is 11.2. The van der Waals surface area contributed by atoms with Gasteiger partial charge in [0, 0.05) is 5.69 Å². The largest absolute Gasteiger partial charge is 0.488 e. The van der Waals surface area contributed by atoms with E-state index in [1.165, 1.54) is 57.8 Å². The molecule has 2 fully saturated rings. The van der Waals surface area contributed by atoms with Crippen molar-refractivity contribution >= 4 is 11.4 Å². The minimum Gasteiger partial charge on any atom is -0.488 e. The van der Waals surface area contributed by atoms with Gasteiger partial charge in [-0.25, -0.2) is 0 Å². The van der Waals surface area contributed by atoms with Crippen LogP contribution in [-0.4, -0.2) is 6.10 Å². The third-order valence-electron chi connectivity index (χ3n) is 6.18. The number of ether oxygens (including phenoxy) is 1. The predicted molar refractivity (Wildman–Crippen MR) is 97.4 cm³/mol. The highest BCUT2D eigenvalue weighted by Crippen LogP contribution is 2.41. The Morgan fingerprint density at radius 1 is 0.913 bits per heavy atom. The molecule has 2 aliphatic rings. The van der Waals surface area contributed by atoms with Gasteiger partial charge in [-0.3, -0.25) is 0 Å². The van der Waals surface area contributed by atoms with Crippen LogP contribution in [0.5, 0.6) is 5.75 Å². The van der Waals surface area contributed by atoms with Crippen LogP contribution in [0.4, 0.5) is 11.4 Å². The molecule has 3 rings (SSSR count). The van der Waals surface area contributed by atoms with E-state index in [0.717, 1.165) is 23.5 Å². The van der Waals surface area contributed by atoms with Crippen molar-refractivity contribution in [2.45, 2.75) is 70.8 Å². The number of anilines is 2. The van der Waals surface area contributed by atoms with E-state index in [1.807, 2.05) is 12.1 Å². The average Bonchev–Trinajstić information content (AvgIpc) is 2.58. The second-order valence-corrected chi connectivity index (χ2v) is 7.64. The SMILES string of the molecule is CCC1CCC(C2CCC(Oc3ccc(N)cc3N)CC2)CC1. The molecule has 0 aromatic heterocycles. The first-order valence-corrected chi connectivity index (χ1v) is 9.47. The smallest absolute Gasteiger partial charge is 0.142 e. The molecule has 0 radical (unpaired) electrons. The van der Waals surface area contributed by atoms with Gasteiger partial charge in [-0.15, -0.1) is 0 Å². The average molecular weight is 316 g/mol. The minimum absolute atomic E-state index is 0.323. The number of rotatable bonds is 4. The van der Waals surface area contributed by atoms with Gasteiger partial charge in [0.15, 0.2) is 0 Å². The van der Waals surface area contributed by atoms with Crippen LogP contribution in [-0.2, 0) is 0 Å². The molecule has 2 aliphatic carbocycles. The van der Waals surface area contributed by atoms with Crippen LogP contribution in [0.25, 0.3) is 0 Å². The number of hydrogen-bond donors (Lipinski definition) is 2. The standard InChI is InChI=1S/C20H32N2O/c1-2-14-3-5-15(6-4-14)16-7-10-18(11-8-16)23-20-12-9-17(21)13-19(20)22/h9,12-16,18H,2-8,10-11,21-22H2,1H3. The van der Waals surface area contributed by atoms with Crippen LogP contribution in [0.2, 0.25) is 0 Å². The number of benzene rings is 1. The number of nitrogen functional groups attached to an aromatic ring is 2. The van der Waals surface area contributed by atoms with E-state index >= 15 is 0 Å². The van der Waals surface area contributed by atoms with Crippen molar-refractivity contribution in [3.8, 4) is 5.75 Å². The zero-order valence-corrected chi connectivity index (χ0v) is 14.5. The summed E-state index contributed by atoms with van der Waals surface area (Å²) in [6.07, 6.45) is 12.5. The molecule has 0 amide bonds. The van der Waals surface area contributed by atoms with Crippen molar-refractivity contribution in [1.82, 2.24) is 0 Å². The summed E-state index contributed by atoms with van der Waals surface area (Å²) in [6, 6.07) is 5.55. The predicted octanol–water partition coefficient (Wildman–Crippen LogP) is 5.01. The van der Waals surface area contributed by atoms with Crippen LogP contribution in [0.3, 0.4) is 0 Å². The van der Waals surface area contributed by atoms with Crippen LogP contribution >= 0.6 is 0 Å². The van der Waals surface area contributed by atoms with Crippen LogP contribution in [0.1, 0.15) is 64.7 Å². The van der Waals surface area contributed by atoms with Crippen molar-refractivity contribution in [3.05, 3.63) is 18.2 Å². The molecule has 4 N–H and O–H groups in total. The Hall–Kier alpha value is -1.38. The van der Waals surface area contributed by atoms with Crippen LogP contribution < -0.4 is 16.2 Å². The fraction of sp³-hybridized carbons (Fsp3) is 0.700. The van der Waals surface area contributed by atoms with Gasteiger partial charge in [0.2, 0.25) is 0 Å². The van der Waals surface area contributed by atoms with Gasteiger partial charge in [-0.1, -0.05) is 26.2 Å². The lowest BCUT2D eigenvalue weighted by Gasteiger charge is -2.37. The fourth-order valence-corrected chi connectivity index (χ4v) is 4.60. The topological polar surface area (TPSA) is 61.3 Å². The summed E-state index contributed by atoms with van der Waals surface area (Å²) in [5, 5.41) is 0. The Labute approximate surface area is 140 Å². The summed E-state index contributed by atoms with van der Waals surface area (Å²) in [6.45, 7) is 2.34. The Balaban J connectivity index is 1.47. The molecule has 1 aromatic rings. The van der Waals surface area contributed by atoms with E-state index in [0.29, 0.717) is 17.5 Å². The van der Waals surface area contributed by atoms with E-state index in [2.05, 4.69) is 6.92 Å². The molecule has 3 heteroatoms. The molecule has 0 bridgehead atoms. The molecule has 3 nitrogen and oxygen atoms in total. The zero-order valence-electron chi connectivity index (χ0n) is 14.5. The van der Waals surface area contributed by atoms with Gasteiger partial charge >= 0.3 is 0 Å². The van der Waals surface area contributed by atoms with E-state index in [4.69, 9.17) is 16.2 Å². The Bertz CT molecular complexity index is 500. The highest BCUT2D eigenvalue weighted by Gasteiger charge is 2.31. The monoisotopic (exact) mass is 316 g/mol. The maximum atomic E-state index is 6.13. The molecule has 23 heavy (non-hydrogen) atoms. The summed E-state index contributed by atoms with van der Waals surface area (Å²) in [5.74, 6) is 3.70. The van der Waals surface area contributed by atoms with E-state index in [9.17, 15) is 0 Å². The third-order valence-corrected chi connectivity index (χ3v) is 6.18. The summed E-state index contributed by atoms with van der Waals surface area (Å²) >= 11 is 0. The maximum Gasteiger partial charge on any atom is 0.142 e.